The first-order valence-electron chi connectivity index (χ1n) is 4.69. The molecule has 0 bridgehead atoms. The number of rotatable bonds is 3. The van der Waals surface area contributed by atoms with Crippen molar-refractivity contribution in [3.8, 4) is 5.75 Å². The first-order chi connectivity index (χ1) is 7.07. The summed E-state index contributed by atoms with van der Waals surface area (Å²) in [4.78, 5) is 17.1. The van der Waals surface area contributed by atoms with Gasteiger partial charge < -0.3 is 15.7 Å². The normalized spacial score (nSPS) is 12.2. The molecular weight excluding hydrogens is 194 g/mol. The molecule has 1 atom stereocenters. The van der Waals surface area contributed by atoms with Gasteiger partial charge in [0.25, 0.3) is 5.91 Å². The van der Waals surface area contributed by atoms with Gasteiger partial charge >= 0.3 is 0 Å². The Morgan fingerprint density at radius 2 is 2.40 bits per heavy atom. The van der Waals surface area contributed by atoms with Gasteiger partial charge in [0.1, 0.15) is 5.75 Å². The summed E-state index contributed by atoms with van der Waals surface area (Å²) in [5.41, 5.74) is 5.51. The van der Waals surface area contributed by atoms with Crippen LogP contribution < -0.4 is 5.73 Å². The molecule has 0 spiro atoms. The number of aromatic hydroxyl groups is 1. The molecule has 0 aliphatic rings. The number of amides is 1. The monoisotopic (exact) mass is 209 g/mol. The van der Waals surface area contributed by atoms with E-state index in [1.165, 1.54) is 17.2 Å². The lowest BCUT2D eigenvalue weighted by Crippen LogP contribution is -2.40. The summed E-state index contributed by atoms with van der Waals surface area (Å²) in [6.45, 7) is 2.20. The lowest BCUT2D eigenvalue weighted by Gasteiger charge is -2.23. The van der Waals surface area contributed by atoms with E-state index in [2.05, 4.69) is 4.98 Å². The minimum atomic E-state index is -0.328. The molecule has 0 saturated carbocycles. The highest BCUT2D eigenvalue weighted by atomic mass is 16.3. The summed E-state index contributed by atoms with van der Waals surface area (Å²) in [6, 6.07) is 2.92. The van der Waals surface area contributed by atoms with Crippen molar-refractivity contribution < 1.29 is 9.90 Å². The number of hydrogen-bond acceptors (Lipinski definition) is 4. The van der Waals surface area contributed by atoms with E-state index in [0.717, 1.165) is 0 Å². The summed E-state index contributed by atoms with van der Waals surface area (Å²) in [7, 11) is 1.63. The second kappa shape index (κ2) is 4.75. The van der Waals surface area contributed by atoms with Crippen LogP contribution in [0.3, 0.4) is 0 Å². The van der Waals surface area contributed by atoms with Crippen LogP contribution in [0, 0.1) is 0 Å². The van der Waals surface area contributed by atoms with E-state index in [1.54, 1.807) is 13.1 Å². The van der Waals surface area contributed by atoms with E-state index in [0.29, 0.717) is 6.54 Å². The molecule has 0 radical (unpaired) electrons. The van der Waals surface area contributed by atoms with Gasteiger partial charge in [0.05, 0.1) is 0 Å². The molecule has 1 heterocycles. The lowest BCUT2D eigenvalue weighted by atomic mass is 10.2. The molecule has 1 amide bonds. The largest absolute Gasteiger partial charge is 0.505 e. The van der Waals surface area contributed by atoms with Gasteiger partial charge in [-0.1, -0.05) is 0 Å². The summed E-state index contributed by atoms with van der Waals surface area (Å²) in [5.74, 6) is -0.440. The van der Waals surface area contributed by atoms with E-state index in [4.69, 9.17) is 5.73 Å². The predicted molar refractivity (Wildman–Crippen MR) is 56.5 cm³/mol. The van der Waals surface area contributed by atoms with Gasteiger partial charge in [0.15, 0.2) is 5.69 Å². The molecule has 1 aromatic rings. The fourth-order valence-corrected chi connectivity index (χ4v) is 1.09. The molecule has 0 aromatic carbocycles. The number of aromatic nitrogens is 1. The smallest absolute Gasteiger partial charge is 0.276 e. The number of hydrogen-bond donors (Lipinski definition) is 2. The van der Waals surface area contributed by atoms with Crippen LogP contribution in [0.15, 0.2) is 18.3 Å². The highest BCUT2D eigenvalue weighted by Crippen LogP contribution is 2.15. The first kappa shape index (κ1) is 11.5. The SMILES string of the molecule is CC(CN)N(C)C(=O)c1ncccc1O. The number of carbonyl (C=O) groups excluding carboxylic acids is 1. The predicted octanol–water partition coefficient (Wildman–Crippen LogP) is 0.206. The Morgan fingerprint density at radius 3 is 2.93 bits per heavy atom. The van der Waals surface area contributed by atoms with E-state index in [9.17, 15) is 9.90 Å². The van der Waals surface area contributed by atoms with E-state index >= 15 is 0 Å². The minimum absolute atomic E-state index is 0.0558. The molecule has 0 fully saturated rings. The van der Waals surface area contributed by atoms with E-state index in [1.807, 2.05) is 6.92 Å². The average molecular weight is 209 g/mol. The van der Waals surface area contributed by atoms with Crippen molar-refractivity contribution in [2.24, 2.45) is 5.73 Å². The van der Waals surface area contributed by atoms with Crippen LogP contribution in [0.5, 0.6) is 5.75 Å². The maximum atomic E-state index is 11.8. The Hall–Kier alpha value is -1.62. The Morgan fingerprint density at radius 1 is 1.73 bits per heavy atom. The van der Waals surface area contributed by atoms with Gasteiger partial charge in [-0.25, -0.2) is 4.98 Å². The van der Waals surface area contributed by atoms with Gasteiger partial charge in [0.2, 0.25) is 0 Å². The topological polar surface area (TPSA) is 79.5 Å². The van der Waals surface area contributed by atoms with Gasteiger partial charge in [-0.15, -0.1) is 0 Å². The number of carbonyl (C=O) groups is 1. The molecule has 1 unspecified atom stereocenters. The maximum absolute atomic E-state index is 11.8. The van der Waals surface area contributed by atoms with Crippen molar-refractivity contribution in [1.82, 2.24) is 9.88 Å². The Balaban J connectivity index is 2.90. The third kappa shape index (κ3) is 2.44. The molecular formula is C10H15N3O2. The Kier molecular flexibility index (Phi) is 3.62. The average Bonchev–Trinajstić information content (AvgIpc) is 2.26. The fraction of sp³-hybridized carbons (Fsp3) is 0.400. The lowest BCUT2D eigenvalue weighted by molar-refractivity contribution is 0.0739. The molecule has 15 heavy (non-hydrogen) atoms. The van der Waals surface area contributed by atoms with Crippen LogP contribution in [0.2, 0.25) is 0 Å². The fourth-order valence-electron chi connectivity index (χ4n) is 1.09. The van der Waals surface area contributed by atoms with Crippen LogP contribution in [-0.2, 0) is 0 Å². The van der Waals surface area contributed by atoms with Crippen molar-refractivity contribution >= 4 is 5.91 Å². The van der Waals surface area contributed by atoms with Gasteiger partial charge in [-0.2, -0.15) is 0 Å². The zero-order valence-corrected chi connectivity index (χ0v) is 8.84. The van der Waals surface area contributed by atoms with Crippen molar-refractivity contribution in [2.45, 2.75) is 13.0 Å². The molecule has 1 rings (SSSR count). The van der Waals surface area contributed by atoms with Crippen LogP contribution in [0.4, 0.5) is 0 Å². The molecule has 5 nitrogen and oxygen atoms in total. The Labute approximate surface area is 88.5 Å². The minimum Gasteiger partial charge on any atom is -0.505 e. The quantitative estimate of drug-likeness (QED) is 0.745. The van der Waals surface area contributed by atoms with Crippen molar-refractivity contribution in [2.75, 3.05) is 13.6 Å². The van der Waals surface area contributed by atoms with Crippen LogP contribution in [0.1, 0.15) is 17.4 Å². The third-order valence-electron chi connectivity index (χ3n) is 2.31. The van der Waals surface area contributed by atoms with Crippen LogP contribution in [-0.4, -0.2) is 40.5 Å². The summed E-state index contributed by atoms with van der Waals surface area (Å²) in [5, 5.41) is 9.44. The number of likely N-dealkylation sites (N-methyl/N-ethyl adjacent to an activating group) is 1. The van der Waals surface area contributed by atoms with Crippen LogP contribution >= 0.6 is 0 Å². The molecule has 1 aromatic heterocycles. The molecule has 0 saturated heterocycles. The molecule has 3 N–H and O–H groups in total. The molecule has 0 aliphatic heterocycles. The standard InChI is InChI=1S/C10H15N3O2/c1-7(6-11)13(2)10(15)9-8(14)4-3-5-12-9/h3-5,7,14H,6,11H2,1-2H3. The summed E-state index contributed by atoms with van der Waals surface area (Å²) < 4.78 is 0. The number of nitrogens with zero attached hydrogens (tertiary/aromatic N) is 2. The van der Waals surface area contributed by atoms with E-state index in [-0.39, 0.29) is 23.4 Å². The first-order valence-corrected chi connectivity index (χ1v) is 4.69. The van der Waals surface area contributed by atoms with Gasteiger partial charge in [0, 0.05) is 25.8 Å². The summed E-state index contributed by atoms with van der Waals surface area (Å²) in [6.07, 6.45) is 1.47. The highest BCUT2D eigenvalue weighted by Gasteiger charge is 2.20. The van der Waals surface area contributed by atoms with Crippen LogP contribution in [0.25, 0.3) is 0 Å². The Bertz CT molecular complexity index is 354. The van der Waals surface area contributed by atoms with E-state index < -0.39 is 0 Å². The van der Waals surface area contributed by atoms with Crippen molar-refractivity contribution in [3.63, 3.8) is 0 Å². The third-order valence-corrected chi connectivity index (χ3v) is 2.31. The number of pyridine rings is 1. The molecule has 0 aliphatic carbocycles. The second-order valence-electron chi connectivity index (χ2n) is 3.37. The van der Waals surface area contributed by atoms with Crippen molar-refractivity contribution in [1.29, 1.82) is 0 Å². The summed E-state index contributed by atoms with van der Waals surface area (Å²) >= 11 is 0. The zero-order valence-electron chi connectivity index (χ0n) is 8.84. The molecule has 5 heteroatoms. The zero-order chi connectivity index (χ0) is 11.4. The van der Waals surface area contributed by atoms with Gasteiger partial charge in [-0.3, -0.25) is 4.79 Å². The van der Waals surface area contributed by atoms with Gasteiger partial charge in [-0.05, 0) is 19.1 Å². The number of nitrogens with two attached hydrogens (primary N) is 1. The molecule has 82 valence electrons. The highest BCUT2D eigenvalue weighted by molar-refractivity contribution is 5.94. The maximum Gasteiger partial charge on any atom is 0.276 e. The second-order valence-corrected chi connectivity index (χ2v) is 3.37. The van der Waals surface area contributed by atoms with Crippen molar-refractivity contribution in [3.05, 3.63) is 24.0 Å².